The molecule has 0 aliphatic carbocycles. The molecular formula is C14H30BNO3S2. The molecule has 1 aliphatic rings. The summed E-state index contributed by atoms with van der Waals surface area (Å²) in [5.74, 6) is 0.905. The number of nitrogens with one attached hydrogen (secondary N) is 1. The summed E-state index contributed by atoms with van der Waals surface area (Å²) in [6.07, 6.45) is 2.93. The first-order chi connectivity index (χ1) is 9.40. The smallest absolute Gasteiger partial charge is 0.480 e. The predicted molar refractivity (Wildman–Crippen MR) is 93.9 cm³/mol. The van der Waals surface area contributed by atoms with E-state index in [4.69, 9.17) is 9.31 Å². The zero-order valence-corrected chi connectivity index (χ0v) is 16.2. The van der Waals surface area contributed by atoms with Gasteiger partial charge in [0.2, 0.25) is 0 Å². The highest BCUT2D eigenvalue weighted by molar-refractivity contribution is 7.98. The van der Waals surface area contributed by atoms with Gasteiger partial charge in [-0.3, -0.25) is 0 Å². The molecule has 21 heavy (non-hydrogen) atoms. The molecule has 1 rings (SSSR count). The molecule has 0 aromatic rings. The van der Waals surface area contributed by atoms with Crippen LogP contribution in [0.1, 0.15) is 54.9 Å². The van der Waals surface area contributed by atoms with Gasteiger partial charge in [0.05, 0.1) is 17.1 Å². The maximum absolute atomic E-state index is 12.4. The van der Waals surface area contributed by atoms with E-state index in [-0.39, 0.29) is 29.0 Å². The minimum absolute atomic E-state index is 0.0708. The molecule has 124 valence electrons. The zero-order valence-electron chi connectivity index (χ0n) is 14.6. The Bertz CT molecular complexity index is 332. The summed E-state index contributed by atoms with van der Waals surface area (Å²) in [4.78, 5) is 0. The Morgan fingerprint density at radius 3 is 2.05 bits per heavy atom. The van der Waals surface area contributed by atoms with E-state index in [0.717, 1.165) is 12.2 Å². The SMILES string of the molecule is CSCC[C@H](N[S@+]([O-])C(C)(C)C)B1OC(C)(C)C(C)(C)O1. The molecule has 1 fully saturated rings. The van der Waals surface area contributed by atoms with Crippen LogP contribution in [0.25, 0.3) is 0 Å². The molecule has 1 heterocycles. The summed E-state index contributed by atoms with van der Waals surface area (Å²) in [6, 6.07) is 0. The van der Waals surface area contributed by atoms with Gasteiger partial charge in [-0.05, 0) is 66.9 Å². The van der Waals surface area contributed by atoms with Crippen LogP contribution in [-0.2, 0) is 20.7 Å². The van der Waals surface area contributed by atoms with E-state index in [1.807, 2.05) is 48.5 Å². The van der Waals surface area contributed by atoms with Crippen molar-refractivity contribution in [2.75, 3.05) is 12.0 Å². The quantitative estimate of drug-likeness (QED) is 0.597. The largest absolute Gasteiger partial charge is 0.598 e. The lowest BCUT2D eigenvalue weighted by Gasteiger charge is -2.32. The van der Waals surface area contributed by atoms with Crippen molar-refractivity contribution in [3.63, 3.8) is 0 Å². The van der Waals surface area contributed by atoms with Gasteiger partial charge in [0.25, 0.3) is 0 Å². The van der Waals surface area contributed by atoms with E-state index >= 15 is 0 Å². The fourth-order valence-electron chi connectivity index (χ4n) is 1.86. The average Bonchev–Trinajstić information content (AvgIpc) is 2.52. The van der Waals surface area contributed by atoms with Crippen LogP contribution in [0.2, 0.25) is 0 Å². The molecule has 4 nitrogen and oxygen atoms in total. The van der Waals surface area contributed by atoms with Gasteiger partial charge in [-0.2, -0.15) is 11.8 Å². The van der Waals surface area contributed by atoms with Crippen molar-refractivity contribution in [1.82, 2.24) is 4.72 Å². The molecule has 0 unspecified atom stereocenters. The number of hydrogen-bond donors (Lipinski definition) is 1. The van der Waals surface area contributed by atoms with Gasteiger partial charge < -0.3 is 13.9 Å². The summed E-state index contributed by atoms with van der Waals surface area (Å²) in [6.45, 7) is 14.1. The minimum Gasteiger partial charge on any atom is -0.598 e. The molecule has 1 aliphatic heterocycles. The third-order valence-electron chi connectivity index (χ3n) is 4.05. The first-order valence-electron chi connectivity index (χ1n) is 7.43. The Morgan fingerprint density at radius 1 is 1.19 bits per heavy atom. The van der Waals surface area contributed by atoms with Gasteiger partial charge in [0.15, 0.2) is 0 Å². The van der Waals surface area contributed by atoms with Crippen LogP contribution in [-0.4, -0.2) is 45.6 Å². The lowest BCUT2D eigenvalue weighted by atomic mass is 9.77. The van der Waals surface area contributed by atoms with Crippen molar-refractivity contribution in [3.8, 4) is 0 Å². The average molecular weight is 335 g/mol. The topological polar surface area (TPSA) is 53.5 Å². The highest BCUT2D eigenvalue weighted by atomic mass is 32.2. The second-order valence-corrected chi connectivity index (χ2v) is 10.5. The van der Waals surface area contributed by atoms with Crippen molar-refractivity contribution < 1.29 is 13.9 Å². The van der Waals surface area contributed by atoms with Crippen LogP contribution >= 0.6 is 11.8 Å². The van der Waals surface area contributed by atoms with E-state index in [1.165, 1.54) is 0 Å². The monoisotopic (exact) mass is 335 g/mol. The molecule has 0 bridgehead atoms. The molecule has 0 amide bonds. The molecule has 0 aromatic carbocycles. The van der Waals surface area contributed by atoms with Gasteiger partial charge in [0.1, 0.15) is 4.75 Å². The third kappa shape index (κ3) is 5.04. The van der Waals surface area contributed by atoms with Crippen molar-refractivity contribution in [3.05, 3.63) is 0 Å². The van der Waals surface area contributed by atoms with Gasteiger partial charge >= 0.3 is 7.12 Å². The lowest BCUT2D eigenvalue weighted by Crippen LogP contribution is -2.52. The maximum Gasteiger partial charge on any atom is 0.480 e. The van der Waals surface area contributed by atoms with E-state index in [1.54, 1.807) is 11.8 Å². The zero-order chi connectivity index (χ0) is 16.5. The molecular weight excluding hydrogens is 305 g/mol. The summed E-state index contributed by atoms with van der Waals surface area (Å²) in [7, 11) is -0.367. The Hall–Kier alpha value is 0.605. The summed E-state index contributed by atoms with van der Waals surface area (Å²) in [5, 5.41) is 0. The molecule has 1 saturated heterocycles. The molecule has 1 N–H and O–H groups in total. The number of thioether (sulfide) groups is 1. The van der Waals surface area contributed by atoms with Gasteiger partial charge in [0, 0.05) is 11.4 Å². The van der Waals surface area contributed by atoms with Crippen LogP contribution in [0.3, 0.4) is 0 Å². The first-order valence-corrected chi connectivity index (χ1v) is 9.98. The highest BCUT2D eigenvalue weighted by Crippen LogP contribution is 2.38. The Morgan fingerprint density at radius 2 is 1.67 bits per heavy atom. The maximum atomic E-state index is 12.4. The van der Waals surface area contributed by atoms with Gasteiger partial charge in [-0.1, -0.05) is 0 Å². The third-order valence-corrected chi connectivity index (χ3v) is 6.32. The number of hydrogen-bond acceptors (Lipinski definition) is 5. The van der Waals surface area contributed by atoms with Crippen LogP contribution in [0.5, 0.6) is 0 Å². The van der Waals surface area contributed by atoms with Crippen LogP contribution < -0.4 is 4.72 Å². The predicted octanol–water partition coefficient (Wildman–Crippen LogP) is 2.79. The van der Waals surface area contributed by atoms with Crippen molar-refractivity contribution in [2.24, 2.45) is 0 Å². The molecule has 2 atom stereocenters. The summed E-state index contributed by atoms with van der Waals surface area (Å²) < 4.78 is 27.5. The van der Waals surface area contributed by atoms with E-state index in [2.05, 4.69) is 11.0 Å². The second kappa shape index (κ2) is 7.01. The molecule has 0 aromatic heterocycles. The Labute approximate surface area is 138 Å². The van der Waals surface area contributed by atoms with Gasteiger partial charge in [-0.15, -0.1) is 4.72 Å². The van der Waals surface area contributed by atoms with E-state index < -0.39 is 11.4 Å². The van der Waals surface area contributed by atoms with E-state index in [0.29, 0.717) is 0 Å². The van der Waals surface area contributed by atoms with Gasteiger partial charge in [-0.25, -0.2) is 0 Å². The first kappa shape index (κ1) is 19.7. The molecule has 0 spiro atoms. The van der Waals surface area contributed by atoms with Crippen molar-refractivity contribution in [2.45, 2.75) is 76.8 Å². The minimum atomic E-state index is -1.14. The fraction of sp³-hybridized carbons (Fsp3) is 1.00. The summed E-state index contributed by atoms with van der Waals surface area (Å²) in [5.41, 5.74) is -0.722. The molecule has 0 saturated carbocycles. The van der Waals surface area contributed by atoms with Crippen LogP contribution in [0.4, 0.5) is 0 Å². The van der Waals surface area contributed by atoms with Crippen LogP contribution in [0.15, 0.2) is 0 Å². The van der Waals surface area contributed by atoms with Crippen LogP contribution in [0, 0.1) is 0 Å². The molecule has 0 radical (unpaired) electrons. The fourth-order valence-corrected chi connectivity index (χ4v) is 3.21. The lowest BCUT2D eigenvalue weighted by molar-refractivity contribution is 0.00578. The highest BCUT2D eigenvalue weighted by Gasteiger charge is 2.54. The standard InChI is InChI=1S/C14H30BNO3S2/c1-12(2,3)21(17)16-11(9-10-20-8)15-18-13(4,5)14(6,7)19-15/h11,16H,9-10H2,1-8H3/t11-,21+/m0/s1. The molecule has 7 heteroatoms. The number of rotatable bonds is 6. The van der Waals surface area contributed by atoms with Crippen molar-refractivity contribution in [1.29, 1.82) is 0 Å². The Balaban J connectivity index is 2.80. The summed E-state index contributed by atoms with van der Waals surface area (Å²) >= 11 is 0.637. The van der Waals surface area contributed by atoms with E-state index in [9.17, 15) is 4.55 Å². The normalized spacial score (nSPS) is 24.1. The Kier molecular flexibility index (Phi) is 6.56. The van der Waals surface area contributed by atoms with Crippen molar-refractivity contribution >= 4 is 30.2 Å². The second-order valence-electron chi connectivity index (χ2n) is 7.51.